The van der Waals surface area contributed by atoms with Crippen LogP contribution in [0.25, 0.3) is 10.9 Å². The summed E-state index contributed by atoms with van der Waals surface area (Å²) < 4.78 is 0. The largest absolute Gasteiger partial charge is 0.494 e. The van der Waals surface area contributed by atoms with Crippen LogP contribution in [0.4, 0.5) is 5.69 Å². The molecule has 208 valence electrons. The fourth-order valence-electron chi connectivity index (χ4n) is 4.70. The Hall–Kier alpha value is -4.39. The third kappa shape index (κ3) is 7.04. The van der Waals surface area contributed by atoms with Gasteiger partial charge < -0.3 is 20.7 Å². The minimum atomic E-state index is -0.222. The Morgan fingerprint density at radius 2 is 1.68 bits per heavy atom. The smallest absolute Gasteiger partial charge is 0.251 e. The van der Waals surface area contributed by atoms with Crippen LogP contribution in [0.1, 0.15) is 52.4 Å². The van der Waals surface area contributed by atoms with Gasteiger partial charge >= 0.3 is 0 Å². The Kier molecular flexibility index (Phi) is 9.14. The number of H-pyrrole nitrogens is 1. The number of amides is 1. The number of carbonyl (C=O) groups is 1. The van der Waals surface area contributed by atoms with Crippen LogP contribution in [-0.4, -0.2) is 28.3 Å². The lowest BCUT2D eigenvalue weighted by atomic mass is 9.99. The molecule has 1 heterocycles. The van der Waals surface area contributed by atoms with Crippen molar-refractivity contribution in [1.29, 1.82) is 0 Å². The van der Waals surface area contributed by atoms with Gasteiger partial charge in [0.05, 0.1) is 17.0 Å². The second kappa shape index (κ2) is 13.3. The summed E-state index contributed by atoms with van der Waals surface area (Å²) in [6.07, 6.45) is 2.32. The van der Waals surface area contributed by atoms with E-state index in [1.54, 1.807) is 24.3 Å². The van der Waals surface area contributed by atoms with Crippen molar-refractivity contribution in [1.82, 2.24) is 15.6 Å². The third-order valence-electron chi connectivity index (χ3n) is 6.88. The molecule has 6 nitrogen and oxygen atoms in total. The van der Waals surface area contributed by atoms with E-state index in [0.29, 0.717) is 39.3 Å². The maximum Gasteiger partial charge on any atom is 0.251 e. The van der Waals surface area contributed by atoms with Gasteiger partial charge in [0.1, 0.15) is 0 Å². The molecule has 0 aliphatic heterocycles. The van der Waals surface area contributed by atoms with Crippen LogP contribution in [0.2, 0.25) is 5.02 Å². The normalized spacial score (nSPS) is 11.6. The van der Waals surface area contributed by atoms with Gasteiger partial charge in [0.25, 0.3) is 5.91 Å². The van der Waals surface area contributed by atoms with E-state index in [1.807, 2.05) is 60.7 Å². The lowest BCUT2D eigenvalue weighted by Gasteiger charge is -2.10. The van der Waals surface area contributed by atoms with Gasteiger partial charge in [-0.15, -0.1) is 0 Å². The van der Waals surface area contributed by atoms with Crippen LogP contribution in [0.5, 0.6) is 5.88 Å². The summed E-state index contributed by atoms with van der Waals surface area (Å²) in [6, 6.07) is 30.6. The SMILES string of the molecule is CCCCNCc1ccc(N=C(c2ccccc2)c2c(O)[nH]c3ccc(C(=O)NCc4cccc(Cl)c4)cc23)cc1. The fraction of sp³-hybridized carbons (Fsp3) is 0.176. The number of aromatic nitrogens is 1. The van der Waals surface area contributed by atoms with Crippen LogP contribution in [-0.2, 0) is 13.1 Å². The average molecular weight is 565 g/mol. The molecule has 0 saturated carbocycles. The molecular weight excluding hydrogens is 532 g/mol. The fourth-order valence-corrected chi connectivity index (χ4v) is 4.92. The molecule has 7 heteroatoms. The van der Waals surface area contributed by atoms with Crippen LogP contribution in [0.15, 0.2) is 102 Å². The maximum atomic E-state index is 13.1. The first-order chi connectivity index (χ1) is 20.0. The molecule has 5 rings (SSSR count). The third-order valence-corrected chi connectivity index (χ3v) is 7.12. The second-order valence-electron chi connectivity index (χ2n) is 9.94. The van der Waals surface area contributed by atoms with E-state index in [0.717, 1.165) is 36.3 Å². The quantitative estimate of drug-likeness (QED) is 0.0988. The van der Waals surface area contributed by atoms with Crippen LogP contribution in [0.3, 0.4) is 0 Å². The number of aliphatic imine (C=N–C) groups is 1. The number of aromatic hydroxyl groups is 1. The van der Waals surface area contributed by atoms with Gasteiger partial charge in [-0.3, -0.25) is 4.79 Å². The van der Waals surface area contributed by atoms with Crippen LogP contribution < -0.4 is 10.6 Å². The molecule has 0 aliphatic carbocycles. The first-order valence-electron chi connectivity index (χ1n) is 13.8. The predicted molar refractivity (Wildman–Crippen MR) is 167 cm³/mol. The molecule has 0 fully saturated rings. The molecule has 41 heavy (non-hydrogen) atoms. The van der Waals surface area contributed by atoms with Crippen molar-refractivity contribution in [2.45, 2.75) is 32.9 Å². The molecule has 1 amide bonds. The van der Waals surface area contributed by atoms with Crippen LogP contribution in [0, 0.1) is 0 Å². The summed E-state index contributed by atoms with van der Waals surface area (Å²) in [5.74, 6) is -0.226. The zero-order chi connectivity index (χ0) is 28.6. The molecule has 0 bridgehead atoms. The van der Waals surface area contributed by atoms with Crippen molar-refractivity contribution in [2.75, 3.05) is 6.54 Å². The Morgan fingerprint density at radius 3 is 2.44 bits per heavy atom. The van der Waals surface area contributed by atoms with Crippen molar-refractivity contribution < 1.29 is 9.90 Å². The summed E-state index contributed by atoms with van der Waals surface area (Å²) in [4.78, 5) is 21.1. The molecule has 5 aromatic rings. The maximum absolute atomic E-state index is 13.1. The Morgan fingerprint density at radius 1 is 0.878 bits per heavy atom. The van der Waals surface area contributed by atoms with E-state index in [9.17, 15) is 9.90 Å². The number of rotatable bonds is 11. The van der Waals surface area contributed by atoms with E-state index in [4.69, 9.17) is 16.6 Å². The molecule has 4 N–H and O–H groups in total. The lowest BCUT2D eigenvalue weighted by molar-refractivity contribution is 0.0951. The highest BCUT2D eigenvalue weighted by Gasteiger charge is 2.20. The highest BCUT2D eigenvalue weighted by molar-refractivity contribution is 6.30. The molecule has 0 aliphatic rings. The Balaban J connectivity index is 1.47. The van der Waals surface area contributed by atoms with Gasteiger partial charge in [-0.1, -0.05) is 79.5 Å². The standard InChI is InChI=1S/C34H33ClN4O2/c1-2-3-18-36-21-23-12-15-28(16-13-23)38-32(25-9-5-4-6-10-25)31-29-20-26(14-17-30(29)39-34(31)41)33(40)37-22-24-8-7-11-27(35)19-24/h4-17,19-20,36,39,41H,2-3,18,21-22H2,1H3,(H,37,40). The molecule has 0 atom stereocenters. The van der Waals surface area contributed by atoms with E-state index in [2.05, 4.69) is 34.7 Å². The molecule has 0 unspecified atom stereocenters. The van der Waals surface area contributed by atoms with Crippen LogP contribution >= 0.6 is 11.6 Å². The number of carbonyl (C=O) groups excluding carboxylic acids is 1. The van der Waals surface area contributed by atoms with Crippen molar-refractivity contribution in [3.05, 3.63) is 130 Å². The highest BCUT2D eigenvalue weighted by atomic mass is 35.5. The summed E-state index contributed by atoms with van der Waals surface area (Å²) in [5, 5.41) is 18.8. The van der Waals surface area contributed by atoms with Gasteiger partial charge in [-0.25, -0.2) is 4.99 Å². The van der Waals surface area contributed by atoms with E-state index in [1.165, 1.54) is 12.0 Å². The Bertz CT molecular complexity index is 1660. The summed E-state index contributed by atoms with van der Waals surface area (Å²) in [5.41, 5.74) is 6.06. The topological polar surface area (TPSA) is 89.5 Å². The number of hydrogen-bond donors (Lipinski definition) is 4. The predicted octanol–water partition coefficient (Wildman–Crippen LogP) is 7.52. The van der Waals surface area contributed by atoms with Gasteiger partial charge in [-0.2, -0.15) is 0 Å². The zero-order valence-electron chi connectivity index (χ0n) is 23.0. The molecule has 0 spiro atoms. The molecular formula is C34H33ClN4O2. The van der Waals surface area contributed by atoms with E-state index < -0.39 is 0 Å². The number of aromatic amines is 1. The monoisotopic (exact) mass is 564 g/mol. The Labute approximate surface area is 245 Å². The summed E-state index contributed by atoms with van der Waals surface area (Å²) >= 11 is 6.08. The van der Waals surface area contributed by atoms with Gasteiger partial charge in [0, 0.05) is 40.1 Å². The number of benzene rings is 4. The number of fused-ring (bicyclic) bond motifs is 1. The summed E-state index contributed by atoms with van der Waals surface area (Å²) in [6.45, 7) is 4.34. The van der Waals surface area contributed by atoms with E-state index >= 15 is 0 Å². The first-order valence-corrected chi connectivity index (χ1v) is 14.2. The van der Waals surface area contributed by atoms with Crippen molar-refractivity contribution in [3.63, 3.8) is 0 Å². The number of unbranched alkanes of at least 4 members (excludes halogenated alkanes) is 1. The van der Waals surface area contributed by atoms with Gasteiger partial charge in [0.15, 0.2) is 5.88 Å². The number of hydrogen-bond acceptors (Lipinski definition) is 4. The molecule has 0 saturated heterocycles. The number of nitrogens with zero attached hydrogens (tertiary/aromatic N) is 1. The average Bonchev–Trinajstić information content (AvgIpc) is 3.32. The minimum absolute atomic E-state index is 0.00386. The highest BCUT2D eigenvalue weighted by Crippen LogP contribution is 2.32. The molecule has 0 radical (unpaired) electrons. The van der Waals surface area contributed by atoms with Gasteiger partial charge in [0.2, 0.25) is 0 Å². The van der Waals surface area contributed by atoms with Crippen molar-refractivity contribution >= 4 is 39.8 Å². The molecule has 4 aromatic carbocycles. The minimum Gasteiger partial charge on any atom is -0.494 e. The van der Waals surface area contributed by atoms with Crippen molar-refractivity contribution in [3.8, 4) is 5.88 Å². The first kappa shape index (κ1) is 28.1. The number of nitrogens with one attached hydrogen (secondary N) is 3. The summed E-state index contributed by atoms with van der Waals surface area (Å²) in [7, 11) is 0. The lowest BCUT2D eigenvalue weighted by Crippen LogP contribution is -2.22. The molecule has 1 aromatic heterocycles. The number of halogens is 1. The van der Waals surface area contributed by atoms with E-state index in [-0.39, 0.29) is 11.8 Å². The second-order valence-corrected chi connectivity index (χ2v) is 10.4. The van der Waals surface area contributed by atoms with Crippen molar-refractivity contribution in [2.24, 2.45) is 4.99 Å². The zero-order valence-corrected chi connectivity index (χ0v) is 23.7. The van der Waals surface area contributed by atoms with Gasteiger partial charge in [-0.05, 0) is 66.6 Å².